The molecule has 1 atom stereocenters. The molecule has 1 saturated carbocycles. The van der Waals surface area contributed by atoms with Gasteiger partial charge in [0.1, 0.15) is 5.75 Å². The third-order valence-electron chi connectivity index (χ3n) is 3.71. The first-order valence-corrected chi connectivity index (χ1v) is 6.37. The molecule has 2 rings (SSSR count). The first-order valence-electron chi connectivity index (χ1n) is 5.58. The van der Waals surface area contributed by atoms with Crippen LogP contribution in [0.1, 0.15) is 25.3 Å². The molecule has 1 aliphatic rings. The van der Waals surface area contributed by atoms with E-state index in [4.69, 9.17) is 9.84 Å². The number of aliphatic carboxylic acids is 1. The summed E-state index contributed by atoms with van der Waals surface area (Å²) in [5, 5.41) is 9.15. The van der Waals surface area contributed by atoms with Crippen LogP contribution in [0.4, 0.5) is 0 Å². The molecule has 17 heavy (non-hydrogen) atoms. The van der Waals surface area contributed by atoms with Crippen LogP contribution in [-0.4, -0.2) is 18.2 Å². The zero-order valence-corrected chi connectivity index (χ0v) is 11.5. The summed E-state index contributed by atoms with van der Waals surface area (Å²) in [6.07, 6.45) is 1.89. The lowest BCUT2D eigenvalue weighted by molar-refractivity contribution is -0.142. The van der Waals surface area contributed by atoms with Crippen molar-refractivity contribution in [2.45, 2.75) is 25.2 Å². The number of benzene rings is 1. The van der Waals surface area contributed by atoms with Crippen molar-refractivity contribution in [3.63, 3.8) is 0 Å². The van der Waals surface area contributed by atoms with Crippen molar-refractivity contribution in [2.24, 2.45) is 5.92 Å². The van der Waals surface area contributed by atoms with Crippen LogP contribution in [0, 0.1) is 5.92 Å². The van der Waals surface area contributed by atoms with Gasteiger partial charge in [0.2, 0.25) is 0 Å². The fraction of sp³-hybridized carbons (Fsp3) is 0.462. The molecule has 0 spiro atoms. The van der Waals surface area contributed by atoms with Gasteiger partial charge in [0.25, 0.3) is 0 Å². The number of ether oxygens (including phenoxy) is 1. The zero-order chi connectivity index (χ0) is 12.6. The van der Waals surface area contributed by atoms with Crippen LogP contribution < -0.4 is 4.74 Å². The SMILES string of the molecule is COc1ccc(C2(C(C)C(=O)O)CC2)cc1Br. The summed E-state index contributed by atoms with van der Waals surface area (Å²) >= 11 is 3.44. The van der Waals surface area contributed by atoms with E-state index in [9.17, 15) is 4.79 Å². The van der Waals surface area contributed by atoms with Crippen LogP contribution >= 0.6 is 15.9 Å². The number of halogens is 1. The largest absolute Gasteiger partial charge is 0.496 e. The number of carbonyl (C=O) groups is 1. The minimum absolute atomic E-state index is 0.180. The molecule has 92 valence electrons. The maximum Gasteiger partial charge on any atom is 0.307 e. The molecule has 1 N–H and O–H groups in total. The molecule has 4 heteroatoms. The van der Waals surface area contributed by atoms with E-state index in [0.29, 0.717) is 0 Å². The average Bonchev–Trinajstić information content (AvgIpc) is 3.09. The minimum atomic E-state index is -0.727. The Morgan fingerprint density at radius 2 is 2.18 bits per heavy atom. The second kappa shape index (κ2) is 4.33. The zero-order valence-electron chi connectivity index (χ0n) is 9.87. The third-order valence-corrected chi connectivity index (χ3v) is 4.33. The monoisotopic (exact) mass is 298 g/mol. The van der Waals surface area contributed by atoms with Crippen molar-refractivity contribution in [1.82, 2.24) is 0 Å². The van der Waals surface area contributed by atoms with Gasteiger partial charge in [0, 0.05) is 5.41 Å². The Kier molecular flexibility index (Phi) is 3.17. The summed E-state index contributed by atoms with van der Waals surface area (Å²) in [7, 11) is 1.62. The summed E-state index contributed by atoms with van der Waals surface area (Å²) in [6.45, 7) is 1.79. The van der Waals surface area contributed by atoms with Crippen molar-refractivity contribution in [1.29, 1.82) is 0 Å². The van der Waals surface area contributed by atoms with E-state index in [1.54, 1.807) is 14.0 Å². The van der Waals surface area contributed by atoms with Gasteiger partial charge in [-0.1, -0.05) is 13.0 Å². The first kappa shape index (κ1) is 12.4. The Hall–Kier alpha value is -1.03. The van der Waals surface area contributed by atoms with Crippen LogP contribution in [0.3, 0.4) is 0 Å². The molecule has 0 aliphatic heterocycles. The maximum atomic E-state index is 11.1. The van der Waals surface area contributed by atoms with E-state index in [-0.39, 0.29) is 11.3 Å². The molecule has 1 aromatic rings. The van der Waals surface area contributed by atoms with Crippen molar-refractivity contribution in [3.05, 3.63) is 28.2 Å². The number of hydrogen-bond acceptors (Lipinski definition) is 2. The van der Waals surface area contributed by atoms with Gasteiger partial charge in [-0.15, -0.1) is 0 Å². The fourth-order valence-corrected chi connectivity index (χ4v) is 2.86. The molecule has 1 aromatic carbocycles. The summed E-state index contributed by atoms with van der Waals surface area (Å²) in [4.78, 5) is 11.1. The summed E-state index contributed by atoms with van der Waals surface area (Å²) in [5.74, 6) is -0.301. The number of rotatable bonds is 4. The molecule has 1 unspecified atom stereocenters. The molecule has 0 heterocycles. The van der Waals surface area contributed by atoms with Crippen molar-refractivity contribution in [2.75, 3.05) is 7.11 Å². The third kappa shape index (κ3) is 2.06. The van der Waals surface area contributed by atoms with E-state index in [0.717, 1.165) is 28.6 Å². The number of carboxylic acids is 1. The lowest BCUT2D eigenvalue weighted by Crippen LogP contribution is -2.25. The summed E-state index contributed by atoms with van der Waals surface area (Å²) in [5.41, 5.74) is 0.903. The van der Waals surface area contributed by atoms with Gasteiger partial charge in [-0.2, -0.15) is 0 Å². The van der Waals surface area contributed by atoms with Gasteiger partial charge in [-0.05, 0) is 46.5 Å². The Morgan fingerprint density at radius 1 is 1.53 bits per heavy atom. The normalized spacial score (nSPS) is 18.5. The van der Waals surface area contributed by atoms with E-state index in [1.807, 2.05) is 18.2 Å². The summed E-state index contributed by atoms with van der Waals surface area (Å²) < 4.78 is 6.05. The quantitative estimate of drug-likeness (QED) is 0.928. The molecule has 3 nitrogen and oxygen atoms in total. The average molecular weight is 299 g/mol. The lowest BCUT2D eigenvalue weighted by Gasteiger charge is -2.21. The molecule has 0 amide bonds. The highest BCUT2D eigenvalue weighted by molar-refractivity contribution is 9.10. The van der Waals surface area contributed by atoms with Crippen LogP contribution in [0.2, 0.25) is 0 Å². The van der Waals surface area contributed by atoms with Gasteiger partial charge in [0.05, 0.1) is 17.5 Å². The van der Waals surface area contributed by atoms with E-state index < -0.39 is 5.97 Å². The summed E-state index contributed by atoms with van der Waals surface area (Å²) in [6, 6.07) is 5.83. The van der Waals surface area contributed by atoms with Crippen LogP contribution in [0.15, 0.2) is 22.7 Å². The topological polar surface area (TPSA) is 46.5 Å². The highest BCUT2D eigenvalue weighted by Crippen LogP contribution is 2.54. The van der Waals surface area contributed by atoms with Gasteiger partial charge in [0.15, 0.2) is 0 Å². The Bertz CT molecular complexity index is 452. The number of carboxylic acid groups (broad SMARTS) is 1. The fourth-order valence-electron chi connectivity index (χ4n) is 2.32. The predicted molar refractivity (Wildman–Crippen MR) is 68.4 cm³/mol. The number of hydrogen-bond donors (Lipinski definition) is 1. The van der Waals surface area contributed by atoms with Gasteiger partial charge in [-0.3, -0.25) is 4.79 Å². The van der Waals surface area contributed by atoms with E-state index in [1.165, 1.54) is 0 Å². The van der Waals surface area contributed by atoms with Crippen molar-refractivity contribution in [3.8, 4) is 5.75 Å². The predicted octanol–water partition coefficient (Wildman–Crippen LogP) is 3.21. The van der Waals surface area contributed by atoms with Crippen molar-refractivity contribution >= 4 is 21.9 Å². The molecule has 1 fully saturated rings. The lowest BCUT2D eigenvalue weighted by atomic mass is 9.84. The second-order valence-electron chi connectivity index (χ2n) is 4.57. The van der Waals surface area contributed by atoms with Gasteiger partial charge < -0.3 is 9.84 Å². The van der Waals surface area contributed by atoms with Crippen LogP contribution in [0.25, 0.3) is 0 Å². The minimum Gasteiger partial charge on any atom is -0.496 e. The van der Waals surface area contributed by atoms with Crippen LogP contribution in [-0.2, 0) is 10.2 Å². The molecular formula is C13H15BrO3. The van der Waals surface area contributed by atoms with Crippen molar-refractivity contribution < 1.29 is 14.6 Å². The smallest absolute Gasteiger partial charge is 0.307 e. The standard InChI is InChI=1S/C13H15BrO3/c1-8(12(15)16)13(5-6-13)9-3-4-11(17-2)10(14)7-9/h3-4,7-8H,5-6H2,1-2H3,(H,15,16). The first-order chi connectivity index (χ1) is 8.01. The second-order valence-corrected chi connectivity index (χ2v) is 5.42. The molecule has 1 aliphatic carbocycles. The highest BCUT2D eigenvalue weighted by atomic mass is 79.9. The molecule has 0 aromatic heterocycles. The van der Waals surface area contributed by atoms with Crippen LogP contribution in [0.5, 0.6) is 5.75 Å². The molecule has 0 radical (unpaired) electrons. The Balaban J connectivity index is 2.35. The molecule has 0 saturated heterocycles. The van der Waals surface area contributed by atoms with E-state index in [2.05, 4.69) is 15.9 Å². The Morgan fingerprint density at radius 3 is 2.59 bits per heavy atom. The van der Waals surface area contributed by atoms with E-state index >= 15 is 0 Å². The molecular weight excluding hydrogens is 284 g/mol. The highest BCUT2D eigenvalue weighted by Gasteiger charge is 2.51. The number of methoxy groups -OCH3 is 1. The Labute approximate surface area is 109 Å². The maximum absolute atomic E-state index is 11.1. The molecule has 0 bridgehead atoms. The van der Waals surface area contributed by atoms with Gasteiger partial charge >= 0.3 is 5.97 Å². The van der Waals surface area contributed by atoms with Gasteiger partial charge in [-0.25, -0.2) is 0 Å².